The standard InChI is InChI=1S/C14H12Cl2FN.ClH/c15-13-3-1-2-11(14(13)16)9-18-8-10-4-6-12(17)7-5-10;/h1-7,18H,8-9H2;1H. The normalized spacial score (nSPS) is 10.1. The molecule has 0 atom stereocenters. The topological polar surface area (TPSA) is 12.0 Å². The number of benzene rings is 2. The molecule has 1 N–H and O–H groups in total. The quantitative estimate of drug-likeness (QED) is 0.849. The summed E-state index contributed by atoms with van der Waals surface area (Å²) in [5.41, 5.74) is 1.97. The zero-order chi connectivity index (χ0) is 13.0. The maximum absolute atomic E-state index is 12.7. The minimum absolute atomic E-state index is 0. The molecule has 0 spiro atoms. The first kappa shape index (κ1) is 16.3. The number of hydrogen-bond donors (Lipinski definition) is 1. The molecule has 0 amide bonds. The maximum atomic E-state index is 12.7. The molecule has 0 aliphatic heterocycles. The van der Waals surface area contributed by atoms with Gasteiger partial charge in [-0.1, -0.05) is 47.5 Å². The lowest BCUT2D eigenvalue weighted by Gasteiger charge is -2.07. The highest BCUT2D eigenvalue weighted by molar-refractivity contribution is 6.42. The second kappa shape index (κ2) is 7.71. The van der Waals surface area contributed by atoms with Gasteiger partial charge in [0.15, 0.2) is 0 Å². The molecular formula is C14H13Cl3FN. The van der Waals surface area contributed by atoms with Gasteiger partial charge in [0, 0.05) is 13.1 Å². The van der Waals surface area contributed by atoms with E-state index in [4.69, 9.17) is 23.2 Å². The summed E-state index contributed by atoms with van der Waals surface area (Å²) >= 11 is 12.0. The van der Waals surface area contributed by atoms with Gasteiger partial charge in [0.2, 0.25) is 0 Å². The van der Waals surface area contributed by atoms with E-state index >= 15 is 0 Å². The van der Waals surface area contributed by atoms with Gasteiger partial charge in [0.1, 0.15) is 5.82 Å². The summed E-state index contributed by atoms with van der Waals surface area (Å²) in [7, 11) is 0. The van der Waals surface area contributed by atoms with E-state index in [2.05, 4.69) is 5.32 Å². The molecule has 0 aliphatic rings. The summed E-state index contributed by atoms with van der Waals surface area (Å²) in [6, 6.07) is 11.9. The molecule has 0 aliphatic carbocycles. The van der Waals surface area contributed by atoms with E-state index in [0.29, 0.717) is 23.1 Å². The van der Waals surface area contributed by atoms with Crippen LogP contribution in [0.4, 0.5) is 4.39 Å². The van der Waals surface area contributed by atoms with Crippen LogP contribution in [0.3, 0.4) is 0 Å². The summed E-state index contributed by atoms with van der Waals surface area (Å²) < 4.78 is 12.7. The van der Waals surface area contributed by atoms with Gasteiger partial charge in [-0.25, -0.2) is 4.39 Å². The molecule has 2 aromatic rings. The van der Waals surface area contributed by atoms with Crippen LogP contribution in [-0.4, -0.2) is 0 Å². The first-order valence-electron chi connectivity index (χ1n) is 5.55. The maximum Gasteiger partial charge on any atom is 0.123 e. The Morgan fingerprint density at radius 2 is 1.63 bits per heavy atom. The number of nitrogens with one attached hydrogen (secondary N) is 1. The van der Waals surface area contributed by atoms with E-state index in [0.717, 1.165) is 11.1 Å². The minimum Gasteiger partial charge on any atom is -0.309 e. The fourth-order valence-corrected chi connectivity index (χ4v) is 2.02. The molecule has 0 saturated carbocycles. The summed E-state index contributed by atoms with van der Waals surface area (Å²) in [6.07, 6.45) is 0. The van der Waals surface area contributed by atoms with E-state index in [-0.39, 0.29) is 18.2 Å². The molecule has 0 heterocycles. The Balaban J connectivity index is 0.00000180. The van der Waals surface area contributed by atoms with E-state index in [1.807, 2.05) is 12.1 Å². The first-order valence-corrected chi connectivity index (χ1v) is 6.30. The molecule has 19 heavy (non-hydrogen) atoms. The van der Waals surface area contributed by atoms with Crippen LogP contribution in [0.5, 0.6) is 0 Å². The van der Waals surface area contributed by atoms with Crippen LogP contribution < -0.4 is 5.32 Å². The number of hydrogen-bond acceptors (Lipinski definition) is 1. The van der Waals surface area contributed by atoms with Crippen molar-refractivity contribution in [3.05, 3.63) is 69.5 Å². The molecule has 2 aromatic carbocycles. The van der Waals surface area contributed by atoms with Gasteiger partial charge in [-0.3, -0.25) is 0 Å². The van der Waals surface area contributed by atoms with Crippen LogP contribution in [0.1, 0.15) is 11.1 Å². The minimum atomic E-state index is -0.225. The van der Waals surface area contributed by atoms with Crippen molar-refractivity contribution >= 4 is 35.6 Å². The van der Waals surface area contributed by atoms with Crippen LogP contribution in [-0.2, 0) is 13.1 Å². The van der Waals surface area contributed by atoms with Crippen molar-refractivity contribution in [3.8, 4) is 0 Å². The predicted octanol–water partition coefficient (Wildman–Crippen LogP) is 4.84. The molecule has 1 nitrogen and oxygen atoms in total. The Morgan fingerprint density at radius 3 is 2.32 bits per heavy atom. The van der Waals surface area contributed by atoms with E-state index in [1.54, 1.807) is 18.2 Å². The molecule has 2 rings (SSSR count). The Kier molecular flexibility index (Phi) is 6.59. The fraction of sp³-hybridized carbons (Fsp3) is 0.143. The van der Waals surface area contributed by atoms with Crippen LogP contribution in [0.2, 0.25) is 10.0 Å². The van der Waals surface area contributed by atoms with Crippen molar-refractivity contribution < 1.29 is 4.39 Å². The van der Waals surface area contributed by atoms with Crippen molar-refractivity contribution in [1.82, 2.24) is 5.32 Å². The molecule has 0 bridgehead atoms. The monoisotopic (exact) mass is 319 g/mol. The van der Waals surface area contributed by atoms with Gasteiger partial charge in [-0.15, -0.1) is 12.4 Å². The van der Waals surface area contributed by atoms with Crippen LogP contribution in [0.25, 0.3) is 0 Å². The molecular weight excluding hydrogens is 308 g/mol. The van der Waals surface area contributed by atoms with E-state index in [1.165, 1.54) is 12.1 Å². The van der Waals surface area contributed by atoms with Gasteiger partial charge in [-0.05, 0) is 29.3 Å². The summed E-state index contributed by atoms with van der Waals surface area (Å²) in [6.45, 7) is 1.28. The Bertz CT molecular complexity index is 529. The zero-order valence-electron chi connectivity index (χ0n) is 10.00. The Labute approximate surface area is 128 Å². The Morgan fingerprint density at radius 1 is 0.947 bits per heavy atom. The third-order valence-corrected chi connectivity index (χ3v) is 3.45. The van der Waals surface area contributed by atoms with Gasteiger partial charge < -0.3 is 5.32 Å². The first-order chi connectivity index (χ1) is 8.66. The SMILES string of the molecule is Cl.Fc1ccc(CNCc2cccc(Cl)c2Cl)cc1. The van der Waals surface area contributed by atoms with Crippen molar-refractivity contribution in [2.45, 2.75) is 13.1 Å². The summed E-state index contributed by atoms with van der Waals surface area (Å²) in [4.78, 5) is 0. The highest BCUT2D eigenvalue weighted by Crippen LogP contribution is 2.25. The fourth-order valence-electron chi connectivity index (χ4n) is 1.63. The molecule has 0 radical (unpaired) electrons. The number of halogens is 4. The summed E-state index contributed by atoms with van der Waals surface area (Å²) in [5, 5.41) is 4.37. The Hall–Kier alpha value is -0.800. The average molecular weight is 321 g/mol. The van der Waals surface area contributed by atoms with Crippen molar-refractivity contribution in [1.29, 1.82) is 0 Å². The molecule has 5 heteroatoms. The lowest BCUT2D eigenvalue weighted by atomic mass is 10.2. The van der Waals surface area contributed by atoms with Crippen molar-refractivity contribution in [2.24, 2.45) is 0 Å². The van der Waals surface area contributed by atoms with E-state index < -0.39 is 0 Å². The lowest BCUT2D eigenvalue weighted by Crippen LogP contribution is -2.13. The molecule has 0 aromatic heterocycles. The number of rotatable bonds is 4. The predicted molar refractivity (Wildman–Crippen MR) is 80.7 cm³/mol. The third kappa shape index (κ3) is 4.66. The van der Waals surface area contributed by atoms with Crippen LogP contribution >= 0.6 is 35.6 Å². The van der Waals surface area contributed by atoms with Crippen molar-refractivity contribution in [2.75, 3.05) is 0 Å². The lowest BCUT2D eigenvalue weighted by molar-refractivity contribution is 0.625. The zero-order valence-corrected chi connectivity index (χ0v) is 12.3. The highest BCUT2D eigenvalue weighted by Gasteiger charge is 2.03. The second-order valence-corrected chi connectivity index (χ2v) is 4.73. The van der Waals surface area contributed by atoms with Crippen molar-refractivity contribution in [3.63, 3.8) is 0 Å². The van der Waals surface area contributed by atoms with Gasteiger partial charge in [0.25, 0.3) is 0 Å². The molecule has 0 saturated heterocycles. The van der Waals surface area contributed by atoms with Gasteiger partial charge >= 0.3 is 0 Å². The third-order valence-electron chi connectivity index (χ3n) is 2.59. The highest BCUT2D eigenvalue weighted by atomic mass is 35.5. The van der Waals surface area contributed by atoms with E-state index in [9.17, 15) is 4.39 Å². The smallest absolute Gasteiger partial charge is 0.123 e. The second-order valence-electron chi connectivity index (χ2n) is 3.94. The molecule has 0 unspecified atom stereocenters. The average Bonchev–Trinajstić information content (AvgIpc) is 2.37. The van der Waals surface area contributed by atoms with Gasteiger partial charge in [-0.2, -0.15) is 0 Å². The molecule has 0 fully saturated rings. The van der Waals surface area contributed by atoms with Gasteiger partial charge in [0.05, 0.1) is 10.0 Å². The summed E-state index contributed by atoms with van der Waals surface area (Å²) in [5.74, 6) is -0.225. The van der Waals surface area contributed by atoms with Crippen LogP contribution in [0.15, 0.2) is 42.5 Å². The largest absolute Gasteiger partial charge is 0.309 e. The van der Waals surface area contributed by atoms with Crippen LogP contribution in [0, 0.1) is 5.82 Å². The molecule has 102 valence electrons.